The molecule has 0 aliphatic carbocycles. The number of rotatable bonds is 11. The molecule has 0 fully saturated rings. The van der Waals surface area contributed by atoms with Crippen LogP contribution in [0.1, 0.15) is 18.9 Å². The van der Waals surface area contributed by atoms with Gasteiger partial charge >= 0.3 is 12.5 Å². The summed E-state index contributed by atoms with van der Waals surface area (Å²) in [4.78, 5) is 19.6. The first-order valence-corrected chi connectivity index (χ1v) is 8.43. The lowest BCUT2D eigenvalue weighted by Gasteiger charge is -2.39. The van der Waals surface area contributed by atoms with Crippen molar-refractivity contribution in [1.29, 1.82) is 0 Å². The van der Waals surface area contributed by atoms with Gasteiger partial charge in [-0.15, -0.1) is 10.1 Å². The van der Waals surface area contributed by atoms with Crippen LogP contribution in [0.4, 0.5) is 26.3 Å². The van der Waals surface area contributed by atoms with Gasteiger partial charge in [-0.25, -0.2) is 22.5 Å². The number of ether oxygens (including phenoxy) is 1. The molecule has 2 unspecified atom stereocenters. The van der Waals surface area contributed by atoms with Crippen molar-refractivity contribution in [2.24, 2.45) is 5.92 Å². The van der Waals surface area contributed by atoms with E-state index in [0.29, 0.717) is 6.07 Å². The van der Waals surface area contributed by atoms with Gasteiger partial charge < -0.3 is 9.57 Å². The van der Waals surface area contributed by atoms with Crippen molar-refractivity contribution >= 4 is 0 Å². The summed E-state index contributed by atoms with van der Waals surface area (Å²) in [5, 5.41) is 13.7. The monoisotopic (exact) mass is 442 g/mol. The van der Waals surface area contributed by atoms with E-state index in [-0.39, 0.29) is 6.42 Å². The molecule has 2 aromatic rings. The van der Waals surface area contributed by atoms with E-state index in [0.717, 1.165) is 29.5 Å². The Morgan fingerprint density at radius 1 is 1.30 bits per heavy atom. The van der Waals surface area contributed by atoms with Gasteiger partial charge in [0.15, 0.2) is 5.60 Å². The minimum atomic E-state index is -4.86. The average molecular weight is 442 g/mol. The first-order chi connectivity index (χ1) is 14.0. The molecule has 1 aromatic carbocycles. The van der Waals surface area contributed by atoms with Crippen LogP contribution in [0.15, 0.2) is 30.9 Å². The quantitative estimate of drug-likeness (QED) is 0.300. The molecule has 166 valence electrons. The molecular weight excluding hydrogens is 426 g/mol. The zero-order valence-electron chi connectivity index (χ0n) is 15.4. The summed E-state index contributed by atoms with van der Waals surface area (Å²) in [5.74, 6) is -3.76. The van der Waals surface area contributed by atoms with E-state index in [1.54, 1.807) is 0 Å². The topological polar surface area (TPSA) is 92.3 Å². The van der Waals surface area contributed by atoms with Crippen LogP contribution in [0.25, 0.3) is 0 Å². The van der Waals surface area contributed by atoms with Gasteiger partial charge in [-0.05, 0) is 12.5 Å². The Bertz CT molecular complexity index is 854. The molecule has 0 amide bonds. The molecule has 0 radical (unpaired) electrons. The maximum Gasteiger partial charge on any atom is 0.416 e. The van der Waals surface area contributed by atoms with Crippen LogP contribution in [-0.2, 0) is 21.7 Å². The van der Waals surface area contributed by atoms with Crippen molar-refractivity contribution in [3.8, 4) is 0 Å². The molecule has 1 aromatic heterocycles. The molecule has 2 rings (SSSR count). The highest BCUT2D eigenvalue weighted by molar-refractivity contribution is 5.26. The Morgan fingerprint density at radius 2 is 2.00 bits per heavy atom. The zero-order chi connectivity index (χ0) is 22.5. The largest absolute Gasteiger partial charge is 0.416 e. The van der Waals surface area contributed by atoms with Crippen molar-refractivity contribution in [3.05, 3.63) is 58.2 Å². The van der Waals surface area contributed by atoms with Gasteiger partial charge in [0.1, 0.15) is 24.3 Å². The van der Waals surface area contributed by atoms with Crippen LogP contribution >= 0.6 is 0 Å². The first kappa shape index (κ1) is 23.4. The van der Waals surface area contributed by atoms with Gasteiger partial charge in [0.2, 0.25) is 0 Å². The summed E-state index contributed by atoms with van der Waals surface area (Å²) in [6.07, 6.45) is -7.11. The number of alkyl halides is 4. The molecular formula is C16H16F6N4O4. The molecule has 0 aliphatic heterocycles. The van der Waals surface area contributed by atoms with E-state index < -0.39 is 59.5 Å². The Hall–Kier alpha value is -2.90. The van der Waals surface area contributed by atoms with E-state index >= 15 is 0 Å². The minimum absolute atomic E-state index is 0.210. The lowest BCUT2D eigenvalue weighted by molar-refractivity contribution is -0.788. The van der Waals surface area contributed by atoms with E-state index in [1.165, 1.54) is 6.92 Å². The van der Waals surface area contributed by atoms with Crippen molar-refractivity contribution in [3.63, 3.8) is 0 Å². The van der Waals surface area contributed by atoms with Crippen LogP contribution in [0, 0.1) is 27.7 Å². The van der Waals surface area contributed by atoms with Gasteiger partial charge in [-0.1, -0.05) is 13.0 Å². The molecule has 0 saturated carbocycles. The lowest BCUT2D eigenvalue weighted by Crippen LogP contribution is -2.47. The molecule has 0 N–H and O–H groups in total. The standard InChI is InChI=1S/C16H16F6N4O4/c1-2-10(6-29-16(21,22)14(19)20)15(30-26(27)28,7-25-9-23-8-24-25)12-4-3-11(17)5-13(12)18/h3-5,8-10,14H,2,6-7H2,1H3. The summed E-state index contributed by atoms with van der Waals surface area (Å²) >= 11 is 0. The molecule has 0 aliphatic rings. The summed E-state index contributed by atoms with van der Waals surface area (Å²) in [5.41, 5.74) is -2.96. The van der Waals surface area contributed by atoms with Crippen LogP contribution in [0.3, 0.4) is 0 Å². The predicted octanol–water partition coefficient (Wildman–Crippen LogP) is 3.56. The number of aromatic nitrogens is 3. The summed E-state index contributed by atoms with van der Waals surface area (Å²) in [6.45, 7) is -0.443. The summed E-state index contributed by atoms with van der Waals surface area (Å²) in [6, 6.07) is 2.02. The SMILES string of the molecule is CCC(COC(F)(F)C(F)F)C(Cn1cncn1)(O[N+](=O)[O-])c1ccc(F)cc1F. The second-order valence-corrected chi connectivity index (χ2v) is 6.20. The third-order valence-electron chi connectivity index (χ3n) is 4.37. The molecule has 0 bridgehead atoms. The summed E-state index contributed by atoms with van der Waals surface area (Å²) < 4.78 is 84.6. The second kappa shape index (κ2) is 9.28. The van der Waals surface area contributed by atoms with Crippen molar-refractivity contribution in [2.45, 2.75) is 38.0 Å². The van der Waals surface area contributed by atoms with E-state index in [1.807, 2.05) is 0 Å². The normalized spacial score (nSPS) is 15.1. The minimum Gasteiger partial charge on any atom is -0.316 e. The Labute approximate surface area is 165 Å². The lowest BCUT2D eigenvalue weighted by atomic mass is 9.79. The third kappa shape index (κ3) is 5.17. The van der Waals surface area contributed by atoms with E-state index in [2.05, 4.69) is 14.8 Å². The van der Waals surface area contributed by atoms with Crippen molar-refractivity contribution in [2.75, 3.05) is 6.61 Å². The smallest absolute Gasteiger partial charge is 0.316 e. The van der Waals surface area contributed by atoms with E-state index in [9.17, 15) is 36.5 Å². The second-order valence-electron chi connectivity index (χ2n) is 6.20. The molecule has 0 spiro atoms. The fraction of sp³-hybridized carbons (Fsp3) is 0.500. The fourth-order valence-corrected chi connectivity index (χ4v) is 2.96. The van der Waals surface area contributed by atoms with Gasteiger partial charge in [0.05, 0.1) is 13.2 Å². The number of benzene rings is 1. The molecule has 30 heavy (non-hydrogen) atoms. The number of hydrogen-bond donors (Lipinski definition) is 0. The maximum atomic E-state index is 14.6. The van der Waals surface area contributed by atoms with E-state index in [4.69, 9.17) is 4.84 Å². The zero-order valence-corrected chi connectivity index (χ0v) is 15.4. The van der Waals surface area contributed by atoms with Crippen LogP contribution < -0.4 is 0 Å². The van der Waals surface area contributed by atoms with Gasteiger partial charge in [-0.2, -0.15) is 13.9 Å². The highest BCUT2D eigenvalue weighted by Gasteiger charge is 2.49. The Kier molecular flexibility index (Phi) is 7.23. The Morgan fingerprint density at radius 3 is 2.50 bits per heavy atom. The molecule has 14 heteroatoms. The van der Waals surface area contributed by atoms with Crippen LogP contribution in [0.2, 0.25) is 0 Å². The maximum absolute atomic E-state index is 14.6. The first-order valence-electron chi connectivity index (χ1n) is 8.43. The fourth-order valence-electron chi connectivity index (χ4n) is 2.96. The van der Waals surface area contributed by atoms with Crippen molar-refractivity contribution in [1.82, 2.24) is 14.8 Å². The van der Waals surface area contributed by atoms with Gasteiger partial charge in [-0.3, -0.25) is 4.68 Å². The molecule has 2 atom stereocenters. The summed E-state index contributed by atoms with van der Waals surface area (Å²) in [7, 11) is 0. The Balaban J connectivity index is 2.59. The highest BCUT2D eigenvalue weighted by Crippen LogP contribution is 2.40. The number of halogens is 6. The predicted molar refractivity (Wildman–Crippen MR) is 86.8 cm³/mol. The molecule has 0 saturated heterocycles. The van der Waals surface area contributed by atoms with Gasteiger partial charge in [0, 0.05) is 17.5 Å². The van der Waals surface area contributed by atoms with Crippen LogP contribution in [-0.4, -0.2) is 39.0 Å². The average Bonchev–Trinajstić information content (AvgIpc) is 3.14. The number of nitrogens with zero attached hydrogens (tertiary/aromatic N) is 4. The third-order valence-corrected chi connectivity index (χ3v) is 4.37. The highest BCUT2D eigenvalue weighted by atomic mass is 19.3. The van der Waals surface area contributed by atoms with Crippen molar-refractivity contribution < 1.29 is 41.0 Å². The van der Waals surface area contributed by atoms with Gasteiger partial charge in [0.25, 0.3) is 5.09 Å². The molecule has 1 heterocycles. The van der Waals surface area contributed by atoms with Crippen LogP contribution in [0.5, 0.6) is 0 Å². The number of hydrogen-bond acceptors (Lipinski definition) is 6. The molecule has 8 nitrogen and oxygen atoms in total.